The number of hydrogen-bond donors (Lipinski definition) is 1. The summed E-state index contributed by atoms with van der Waals surface area (Å²) in [6.07, 6.45) is 0. The molecular formula is C16H15FN2O. The van der Waals surface area contributed by atoms with Crippen molar-refractivity contribution in [2.75, 3.05) is 5.32 Å². The second-order valence-corrected chi connectivity index (χ2v) is 4.83. The van der Waals surface area contributed by atoms with Crippen molar-refractivity contribution in [3.8, 4) is 0 Å². The topological polar surface area (TPSA) is 38.1 Å². The van der Waals surface area contributed by atoms with Crippen LogP contribution in [0.3, 0.4) is 0 Å². The third-order valence-corrected chi connectivity index (χ3v) is 3.25. The second-order valence-electron chi connectivity index (χ2n) is 4.83. The first-order valence-electron chi connectivity index (χ1n) is 6.51. The lowest BCUT2D eigenvalue weighted by Crippen LogP contribution is -2.06. The van der Waals surface area contributed by atoms with Gasteiger partial charge >= 0.3 is 0 Å². The fourth-order valence-corrected chi connectivity index (χ4v) is 2.22. The van der Waals surface area contributed by atoms with Crippen LogP contribution < -0.4 is 5.32 Å². The first-order chi connectivity index (χ1) is 9.61. The average molecular weight is 270 g/mol. The summed E-state index contributed by atoms with van der Waals surface area (Å²) in [6.45, 7) is 3.86. The Kier molecular flexibility index (Phi) is 3.14. The molecule has 0 aliphatic rings. The van der Waals surface area contributed by atoms with Crippen LogP contribution in [0.2, 0.25) is 0 Å². The lowest BCUT2D eigenvalue weighted by atomic mass is 10.1. The molecule has 4 heteroatoms. The van der Waals surface area contributed by atoms with Crippen molar-refractivity contribution in [3.05, 3.63) is 59.7 Å². The summed E-state index contributed by atoms with van der Waals surface area (Å²) in [5, 5.41) is 3.37. The second kappa shape index (κ2) is 4.96. The Hall–Kier alpha value is -2.36. The molecule has 0 bridgehead atoms. The number of hydrogen-bond acceptors (Lipinski definition) is 3. The molecule has 3 aromatic rings. The normalized spacial score (nSPS) is 12.6. The summed E-state index contributed by atoms with van der Waals surface area (Å²) in [5.74, 6) is 0.434. The van der Waals surface area contributed by atoms with Crippen LogP contribution in [0.1, 0.15) is 24.4 Å². The van der Waals surface area contributed by atoms with Crippen LogP contribution in [-0.4, -0.2) is 4.98 Å². The first-order valence-corrected chi connectivity index (χ1v) is 6.51. The van der Waals surface area contributed by atoms with Crippen molar-refractivity contribution in [1.29, 1.82) is 0 Å². The minimum Gasteiger partial charge on any atom is -0.441 e. The van der Waals surface area contributed by atoms with Crippen LogP contribution in [0.25, 0.3) is 11.1 Å². The van der Waals surface area contributed by atoms with E-state index in [0.717, 1.165) is 22.4 Å². The number of rotatable bonds is 3. The van der Waals surface area contributed by atoms with E-state index in [9.17, 15) is 4.39 Å². The number of aromatic nitrogens is 1. The lowest BCUT2D eigenvalue weighted by Gasteiger charge is -2.15. The first kappa shape index (κ1) is 12.7. The minimum atomic E-state index is -0.222. The van der Waals surface area contributed by atoms with Gasteiger partial charge in [0.15, 0.2) is 11.5 Å². The zero-order valence-corrected chi connectivity index (χ0v) is 11.4. The SMILES string of the molecule is Cc1nc2cc(NC(C)c3ccc(F)cc3)ccc2o1. The number of nitrogens with zero attached hydrogens (tertiary/aromatic N) is 1. The highest BCUT2D eigenvalue weighted by molar-refractivity contribution is 5.77. The van der Waals surface area contributed by atoms with Gasteiger partial charge in [-0.25, -0.2) is 9.37 Å². The molecule has 0 fully saturated rings. The van der Waals surface area contributed by atoms with Crippen LogP contribution in [0.15, 0.2) is 46.9 Å². The molecule has 1 aromatic heterocycles. The molecule has 1 N–H and O–H groups in total. The molecule has 0 amide bonds. The Morgan fingerprint density at radius 2 is 1.90 bits per heavy atom. The predicted octanol–water partition coefficient (Wildman–Crippen LogP) is 4.45. The molecule has 0 aliphatic carbocycles. The third kappa shape index (κ3) is 2.50. The summed E-state index contributed by atoms with van der Waals surface area (Å²) in [7, 11) is 0. The number of oxazole rings is 1. The Morgan fingerprint density at radius 3 is 2.65 bits per heavy atom. The molecule has 0 saturated carbocycles. The molecule has 20 heavy (non-hydrogen) atoms. The van der Waals surface area contributed by atoms with Gasteiger partial charge in [0.1, 0.15) is 11.3 Å². The molecule has 3 rings (SSSR count). The van der Waals surface area contributed by atoms with E-state index in [1.54, 1.807) is 12.1 Å². The zero-order valence-electron chi connectivity index (χ0n) is 11.4. The number of nitrogens with one attached hydrogen (secondary N) is 1. The zero-order chi connectivity index (χ0) is 14.1. The number of fused-ring (bicyclic) bond motifs is 1. The number of benzene rings is 2. The Bertz CT molecular complexity index is 734. The van der Waals surface area contributed by atoms with E-state index in [1.165, 1.54) is 12.1 Å². The van der Waals surface area contributed by atoms with Crippen molar-refractivity contribution in [2.24, 2.45) is 0 Å². The highest BCUT2D eigenvalue weighted by Gasteiger charge is 2.07. The smallest absolute Gasteiger partial charge is 0.192 e. The van der Waals surface area contributed by atoms with Gasteiger partial charge in [-0.2, -0.15) is 0 Å². The molecular weight excluding hydrogens is 255 g/mol. The van der Waals surface area contributed by atoms with E-state index in [2.05, 4.69) is 10.3 Å². The molecule has 0 spiro atoms. The van der Waals surface area contributed by atoms with Crippen molar-refractivity contribution < 1.29 is 8.81 Å². The lowest BCUT2D eigenvalue weighted by molar-refractivity contribution is 0.561. The Balaban J connectivity index is 1.82. The average Bonchev–Trinajstić information content (AvgIpc) is 2.78. The van der Waals surface area contributed by atoms with Gasteiger partial charge in [-0.05, 0) is 42.8 Å². The van der Waals surface area contributed by atoms with E-state index >= 15 is 0 Å². The molecule has 1 heterocycles. The van der Waals surface area contributed by atoms with Crippen LogP contribution in [0, 0.1) is 12.7 Å². The predicted molar refractivity (Wildman–Crippen MR) is 77.2 cm³/mol. The molecule has 0 aliphatic heterocycles. The highest BCUT2D eigenvalue weighted by atomic mass is 19.1. The quantitative estimate of drug-likeness (QED) is 0.764. The van der Waals surface area contributed by atoms with Gasteiger partial charge in [0.25, 0.3) is 0 Å². The van der Waals surface area contributed by atoms with E-state index in [0.29, 0.717) is 5.89 Å². The minimum absolute atomic E-state index is 0.0843. The Morgan fingerprint density at radius 1 is 1.15 bits per heavy atom. The summed E-state index contributed by atoms with van der Waals surface area (Å²) in [5.41, 5.74) is 3.60. The van der Waals surface area contributed by atoms with Gasteiger partial charge in [-0.3, -0.25) is 0 Å². The van der Waals surface area contributed by atoms with Crippen LogP contribution >= 0.6 is 0 Å². The van der Waals surface area contributed by atoms with Crippen molar-refractivity contribution >= 4 is 16.8 Å². The van der Waals surface area contributed by atoms with Crippen LogP contribution in [0.4, 0.5) is 10.1 Å². The van der Waals surface area contributed by atoms with E-state index in [-0.39, 0.29) is 11.9 Å². The maximum Gasteiger partial charge on any atom is 0.192 e. The molecule has 102 valence electrons. The van der Waals surface area contributed by atoms with Gasteiger partial charge in [-0.1, -0.05) is 12.1 Å². The van der Waals surface area contributed by atoms with Gasteiger partial charge in [0, 0.05) is 18.7 Å². The molecule has 1 atom stereocenters. The van der Waals surface area contributed by atoms with Gasteiger partial charge in [0.05, 0.1) is 0 Å². The van der Waals surface area contributed by atoms with Crippen LogP contribution in [-0.2, 0) is 0 Å². The molecule has 0 saturated heterocycles. The van der Waals surface area contributed by atoms with Gasteiger partial charge in [0.2, 0.25) is 0 Å². The third-order valence-electron chi connectivity index (χ3n) is 3.25. The van der Waals surface area contributed by atoms with Crippen molar-refractivity contribution in [2.45, 2.75) is 19.9 Å². The van der Waals surface area contributed by atoms with Crippen LogP contribution in [0.5, 0.6) is 0 Å². The fraction of sp³-hybridized carbons (Fsp3) is 0.188. The van der Waals surface area contributed by atoms with E-state index in [1.807, 2.05) is 32.0 Å². The summed E-state index contributed by atoms with van der Waals surface area (Å²) in [6, 6.07) is 12.4. The number of aryl methyl sites for hydroxylation is 1. The van der Waals surface area contributed by atoms with Crippen molar-refractivity contribution in [1.82, 2.24) is 4.98 Å². The maximum absolute atomic E-state index is 12.9. The van der Waals surface area contributed by atoms with E-state index < -0.39 is 0 Å². The van der Waals surface area contributed by atoms with E-state index in [4.69, 9.17) is 4.42 Å². The molecule has 3 nitrogen and oxygen atoms in total. The molecule has 2 aromatic carbocycles. The van der Waals surface area contributed by atoms with Gasteiger partial charge < -0.3 is 9.73 Å². The van der Waals surface area contributed by atoms with Crippen molar-refractivity contribution in [3.63, 3.8) is 0 Å². The Labute approximate surface area is 116 Å². The molecule has 0 radical (unpaired) electrons. The highest BCUT2D eigenvalue weighted by Crippen LogP contribution is 2.23. The monoisotopic (exact) mass is 270 g/mol. The summed E-state index contributed by atoms with van der Waals surface area (Å²) < 4.78 is 18.4. The fourth-order valence-electron chi connectivity index (χ4n) is 2.22. The standard InChI is InChI=1S/C16H15FN2O/c1-10(12-3-5-13(17)6-4-12)18-14-7-8-16-15(9-14)19-11(2)20-16/h3-10,18H,1-2H3. The summed E-state index contributed by atoms with van der Waals surface area (Å²) in [4.78, 5) is 4.31. The van der Waals surface area contributed by atoms with Gasteiger partial charge in [-0.15, -0.1) is 0 Å². The summed E-state index contributed by atoms with van der Waals surface area (Å²) >= 11 is 0. The largest absolute Gasteiger partial charge is 0.441 e. The molecule has 1 unspecified atom stereocenters. The number of halogens is 1. The number of anilines is 1. The maximum atomic E-state index is 12.9.